The highest BCUT2D eigenvalue weighted by Gasteiger charge is 2.26. The van der Waals surface area contributed by atoms with Crippen molar-refractivity contribution in [3.63, 3.8) is 0 Å². The van der Waals surface area contributed by atoms with Crippen LogP contribution >= 0.6 is 11.3 Å². The molecule has 4 heterocycles. The molecule has 11 heteroatoms. The Kier molecular flexibility index (Phi) is 5.36. The highest BCUT2D eigenvalue weighted by Crippen LogP contribution is 2.32. The smallest absolute Gasteiger partial charge is 0.226 e. The zero-order valence-electron chi connectivity index (χ0n) is 18.1. The maximum absolute atomic E-state index is 11.7. The van der Waals surface area contributed by atoms with Gasteiger partial charge in [-0.15, -0.1) is 11.3 Å². The number of rotatable bonds is 5. The molecule has 1 unspecified atom stereocenters. The summed E-state index contributed by atoms with van der Waals surface area (Å²) in [7, 11) is -1.66. The number of hydrogen-bond donors (Lipinski definition) is 1. The van der Waals surface area contributed by atoms with Gasteiger partial charge in [0.05, 0.1) is 47.5 Å². The summed E-state index contributed by atoms with van der Waals surface area (Å²) in [5.41, 5.74) is 4.11. The third-order valence-corrected chi connectivity index (χ3v) is 8.11. The average Bonchev–Trinajstić information content (AvgIpc) is 3.40. The topological polar surface area (TPSA) is 104 Å². The van der Waals surface area contributed by atoms with Crippen LogP contribution in [0.1, 0.15) is 22.1 Å². The fraction of sp³-hybridized carbons (Fsp3) is 0.381. The first-order valence-electron chi connectivity index (χ1n) is 10.3. The third kappa shape index (κ3) is 3.96. The van der Waals surface area contributed by atoms with Crippen molar-refractivity contribution in [2.45, 2.75) is 19.6 Å². The van der Waals surface area contributed by atoms with Crippen LogP contribution in [0.15, 0.2) is 30.6 Å². The molecule has 168 valence electrons. The molecule has 5 rings (SSSR count). The second-order valence-electron chi connectivity index (χ2n) is 8.09. The summed E-state index contributed by atoms with van der Waals surface area (Å²) in [4.78, 5) is 12.4. The van der Waals surface area contributed by atoms with Crippen LogP contribution in [-0.2, 0) is 21.3 Å². The van der Waals surface area contributed by atoms with Crippen LogP contribution in [0, 0.1) is 6.92 Å². The summed E-state index contributed by atoms with van der Waals surface area (Å²) in [5.74, 6) is 0.655. The predicted molar refractivity (Wildman–Crippen MR) is 125 cm³/mol. The molecular weight excluding hydrogens is 448 g/mol. The van der Waals surface area contributed by atoms with Gasteiger partial charge < -0.3 is 9.64 Å². The number of hydrogen-bond acceptors (Lipinski definition) is 8. The van der Waals surface area contributed by atoms with Gasteiger partial charge in [0.15, 0.2) is 0 Å². The lowest BCUT2D eigenvalue weighted by atomic mass is 10.0. The van der Waals surface area contributed by atoms with Crippen LogP contribution in [0.4, 0.5) is 5.95 Å². The largest absolute Gasteiger partial charge is 0.370 e. The molecule has 0 saturated carbocycles. The standard InChI is InChI=1S/C21H24N6O3S2/c1-13-4-5-15(16-9-23-25-20(13)16)18-12-27(6-7-30-18)21-22-10-19-17(24-21)8-14(31-19)11-26(2)32(3,28)29/h4-5,8-10,18H,6-7,11-12H2,1-3H3,(H,23,25). The van der Waals surface area contributed by atoms with Crippen molar-refractivity contribution in [3.05, 3.63) is 46.6 Å². The Bertz CT molecular complexity index is 1400. The minimum Gasteiger partial charge on any atom is -0.370 e. The second-order valence-corrected chi connectivity index (χ2v) is 11.3. The number of aromatic amines is 1. The van der Waals surface area contributed by atoms with E-state index in [0.29, 0.717) is 32.2 Å². The summed E-state index contributed by atoms with van der Waals surface area (Å²) in [6.45, 7) is 4.30. The van der Waals surface area contributed by atoms with Crippen molar-refractivity contribution in [3.8, 4) is 0 Å². The number of H-pyrrole nitrogens is 1. The molecule has 32 heavy (non-hydrogen) atoms. The number of nitrogens with zero attached hydrogens (tertiary/aromatic N) is 5. The van der Waals surface area contributed by atoms with E-state index in [1.165, 1.54) is 21.9 Å². The molecule has 1 aromatic carbocycles. The van der Waals surface area contributed by atoms with E-state index in [9.17, 15) is 8.42 Å². The summed E-state index contributed by atoms with van der Waals surface area (Å²) >= 11 is 1.51. The van der Waals surface area contributed by atoms with Crippen molar-refractivity contribution >= 4 is 48.4 Å². The molecule has 1 atom stereocenters. The number of morpholine rings is 1. The second kappa shape index (κ2) is 8.07. The number of sulfonamides is 1. The molecule has 0 radical (unpaired) electrons. The van der Waals surface area contributed by atoms with Gasteiger partial charge in [0, 0.05) is 30.4 Å². The summed E-state index contributed by atoms with van der Waals surface area (Å²) < 4.78 is 31.8. The molecule has 0 spiro atoms. The maximum Gasteiger partial charge on any atom is 0.226 e. The number of anilines is 1. The molecular formula is C21H24N6O3S2. The van der Waals surface area contributed by atoms with Crippen LogP contribution in [-0.4, -0.2) is 65.9 Å². The van der Waals surface area contributed by atoms with E-state index < -0.39 is 10.0 Å². The lowest BCUT2D eigenvalue weighted by Crippen LogP contribution is -2.39. The van der Waals surface area contributed by atoms with Gasteiger partial charge >= 0.3 is 0 Å². The van der Waals surface area contributed by atoms with E-state index in [1.807, 2.05) is 18.5 Å². The van der Waals surface area contributed by atoms with Gasteiger partial charge in [-0.2, -0.15) is 5.10 Å². The fourth-order valence-corrected chi connectivity index (χ4v) is 5.42. The molecule has 1 aliphatic rings. The number of aryl methyl sites for hydroxylation is 1. The molecule has 1 fully saturated rings. The highest BCUT2D eigenvalue weighted by molar-refractivity contribution is 7.88. The Balaban J connectivity index is 1.40. The lowest BCUT2D eigenvalue weighted by molar-refractivity contribution is 0.0402. The summed E-state index contributed by atoms with van der Waals surface area (Å²) in [6, 6.07) is 6.13. The maximum atomic E-state index is 11.7. The third-order valence-electron chi connectivity index (χ3n) is 5.81. The van der Waals surface area contributed by atoms with E-state index in [4.69, 9.17) is 9.72 Å². The van der Waals surface area contributed by atoms with E-state index in [1.54, 1.807) is 7.05 Å². The first kappa shape index (κ1) is 21.3. The molecule has 0 aliphatic carbocycles. The molecule has 0 amide bonds. The van der Waals surface area contributed by atoms with Gasteiger partial charge in [-0.05, 0) is 24.1 Å². The fourth-order valence-electron chi connectivity index (χ4n) is 3.94. The Morgan fingerprint density at radius 2 is 2.19 bits per heavy atom. The minimum atomic E-state index is -3.24. The van der Waals surface area contributed by atoms with Crippen LogP contribution in [0.5, 0.6) is 0 Å². The predicted octanol–water partition coefficient (Wildman–Crippen LogP) is 2.85. The molecule has 1 saturated heterocycles. The number of benzene rings is 1. The summed E-state index contributed by atoms with van der Waals surface area (Å²) in [5, 5.41) is 8.35. The quantitative estimate of drug-likeness (QED) is 0.476. The first-order valence-corrected chi connectivity index (χ1v) is 12.9. The van der Waals surface area contributed by atoms with Crippen molar-refractivity contribution in [1.82, 2.24) is 24.5 Å². The van der Waals surface area contributed by atoms with E-state index >= 15 is 0 Å². The van der Waals surface area contributed by atoms with Crippen molar-refractivity contribution in [1.29, 1.82) is 0 Å². The van der Waals surface area contributed by atoms with Crippen LogP contribution < -0.4 is 4.90 Å². The average molecular weight is 473 g/mol. The number of ether oxygens (including phenoxy) is 1. The highest BCUT2D eigenvalue weighted by atomic mass is 32.2. The zero-order valence-corrected chi connectivity index (χ0v) is 19.7. The van der Waals surface area contributed by atoms with Crippen molar-refractivity contribution in [2.24, 2.45) is 0 Å². The number of fused-ring (bicyclic) bond motifs is 2. The van der Waals surface area contributed by atoms with E-state index in [2.05, 4.69) is 39.1 Å². The number of aromatic nitrogens is 4. The molecule has 0 bridgehead atoms. The van der Waals surface area contributed by atoms with Crippen LogP contribution in [0.3, 0.4) is 0 Å². The van der Waals surface area contributed by atoms with Gasteiger partial charge in [-0.3, -0.25) is 5.10 Å². The van der Waals surface area contributed by atoms with Gasteiger partial charge in [0.1, 0.15) is 6.10 Å². The van der Waals surface area contributed by atoms with Crippen LogP contribution in [0.25, 0.3) is 21.1 Å². The molecule has 1 aliphatic heterocycles. The Hall–Kier alpha value is -2.60. The van der Waals surface area contributed by atoms with Crippen molar-refractivity contribution in [2.75, 3.05) is 37.9 Å². The Morgan fingerprint density at radius 1 is 1.34 bits per heavy atom. The first-order chi connectivity index (χ1) is 15.3. The van der Waals surface area contributed by atoms with E-state index in [0.717, 1.165) is 37.1 Å². The van der Waals surface area contributed by atoms with Gasteiger partial charge in [-0.1, -0.05) is 12.1 Å². The SMILES string of the molecule is Cc1ccc(C2CN(c3ncc4sc(CN(C)S(C)(=O)=O)cc4n3)CCO2)c2cn[nH]c12. The minimum absolute atomic E-state index is 0.106. The molecule has 1 N–H and O–H groups in total. The van der Waals surface area contributed by atoms with Gasteiger partial charge in [0.25, 0.3) is 0 Å². The Morgan fingerprint density at radius 3 is 3.00 bits per heavy atom. The van der Waals surface area contributed by atoms with E-state index in [-0.39, 0.29) is 6.10 Å². The van der Waals surface area contributed by atoms with Gasteiger partial charge in [-0.25, -0.2) is 22.7 Å². The Labute approximate surface area is 190 Å². The summed E-state index contributed by atoms with van der Waals surface area (Å²) in [6.07, 6.45) is 4.77. The molecule has 3 aromatic heterocycles. The van der Waals surface area contributed by atoms with Gasteiger partial charge in [0.2, 0.25) is 16.0 Å². The molecule has 9 nitrogen and oxygen atoms in total. The number of thiophene rings is 1. The van der Waals surface area contributed by atoms with Crippen molar-refractivity contribution < 1.29 is 13.2 Å². The number of nitrogens with one attached hydrogen (secondary N) is 1. The zero-order chi connectivity index (χ0) is 22.5. The van der Waals surface area contributed by atoms with Crippen LogP contribution in [0.2, 0.25) is 0 Å². The monoisotopic (exact) mass is 472 g/mol. The normalized spacial score (nSPS) is 17.6. The molecule has 4 aromatic rings. The lowest BCUT2D eigenvalue weighted by Gasteiger charge is -2.33.